The summed E-state index contributed by atoms with van der Waals surface area (Å²) in [6.07, 6.45) is 1.08. The highest BCUT2D eigenvalue weighted by Crippen LogP contribution is 2.26. The summed E-state index contributed by atoms with van der Waals surface area (Å²) in [5, 5.41) is 16.9. The number of nitrogens with one attached hydrogen (secondary N) is 2. The van der Waals surface area contributed by atoms with E-state index in [-0.39, 0.29) is 5.75 Å². The van der Waals surface area contributed by atoms with Gasteiger partial charge in [0.05, 0.1) is 13.7 Å². The quantitative estimate of drug-likeness (QED) is 0.496. The second-order valence-corrected chi connectivity index (χ2v) is 7.54. The molecule has 0 bridgehead atoms. The molecule has 0 radical (unpaired) electrons. The maximum absolute atomic E-state index is 9.96. The minimum Gasteiger partial charge on any atom is -0.504 e. The number of likely N-dealkylation sites (tertiary alicyclic amines) is 1. The van der Waals surface area contributed by atoms with Gasteiger partial charge in [-0.3, -0.25) is 4.90 Å². The summed E-state index contributed by atoms with van der Waals surface area (Å²) in [6.45, 7) is 7.60. The average molecular weight is 397 g/mol. The van der Waals surface area contributed by atoms with E-state index in [1.165, 1.54) is 5.56 Å². The molecule has 0 aromatic heterocycles. The number of rotatable bonds is 7. The van der Waals surface area contributed by atoms with Crippen LogP contribution in [0.2, 0.25) is 0 Å². The zero-order valence-electron chi connectivity index (χ0n) is 17.6. The zero-order valence-corrected chi connectivity index (χ0v) is 17.6. The third-order valence-corrected chi connectivity index (χ3v) is 5.28. The van der Waals surface area contributed by atoms with Crippen LogP contribution in [0.4, 0.5) is 0 Å². The van der Waals surface area contributed by atoms with Crippen molar-refractivity contribution in [3.8, 4) is 11.5 Å². The van der Waals surface area contributed by atoms with Crippen molar-refractivity contribution in [2.45, 2.75) is 45.4 Å². The molecule has 1 fully saturated rings. The molecule has 6 heteroatoms. The molecule has 3 N–H and O–H groups in total. The lowest BCUT2D eigenvalue weighted by molar-refractivity contribution is 0.258. The van der Waals surface area contributed by atoms with Gasteiger partial charge in [0.15, 0.2) is 17.5 Å². The fourth-order valence-electron chi connectivity index (χ4n) is 3.76. The topological polar surface area (TPSA) is 69.1 Å². The highest BCUT2D eigenvalue weighted by Gasteiger charge is 2.29. The summed E-state index contributed by atoms with van der Waals surface area (Å²) < 4.78 is 5.10. The lowest BCUT2D eigenvalue weighted by Crippen LogP contribution is -2.44. The van der Waals surface area contributed by atoms with Crippen LogP contribution in [0.3, 0.4) is 0 Å². The summed E-state index contributed by atoms with van der Waals surface area (Å²) in [7, 11) is 1.55. The molecular weight excluding hydrogens is 364 g/mol. The van der Waals surface area contributed by atoms with E-state index in [1.807, 2.05) is 6.07 Å². The molecule has 0 spiro atoms. The monoisotopic (exact) mass is 396 g/mol. The Balaban J connectivity index is 1.59. The SMILES string of the molecule is CCNC(=NCc1ccc(OC)c(O)c1)NC1CC(C)N(Cc2ccccc2)C1. The number of aromatic hydroxyl groups is 1. The van der Waals surface area contributed by atoms with Gasteiger partial charge in [-0.2, -0.15) is 0 Å². The Morgan fingerprint density at radius 3 is 2.69 bits per heavy atom. The van der Waals surface area contributed by atoms with E-state index in [2.05, 4.69) is 59.7 Å². The molecule has 0 saturated carbocycles. The summed E-state index contributed by atoms with van der Waals surface area (Å²) in [5.74, 6) is 1.42. The molecule has 1 aliphatic heterocycles. The van der Waals surface area contributed by atoms with Crippen LogP contribution >= 0.6 is 0 Å². The van der Waals surface area contributed by atoms with Gasteiger partial charge in [-0.05, 0) is 43.5 Å². The minimum atomic E-state index is 0.138. The molecule has 2 unspecified atom stereocenters. The third kappa shape index (κ3) is 5.87. The van der Waals surface area contributed by atoms with Crippen LogP contribution in [0.15, 0.2) is 53.5 Å². The van der Waals surface area contributed by atoms with E-state index in [0.717, 1.165) is 37.6 Å². The van der Waals surface area contributed by atoms with Crippen molar-refractivity contribution in [2.24, 2.45) is 4.99 Å². The van der Waals surface area contributed by atoms with Gasteiger partial charge < -0.3 is 20.5 Å². The predicted molar refractivity (Wildman–Crippen MR) is 117 cm³/mol. The second-order valence-electron chi connectivity index (χ2n) is 7.54. The van der Waals surface area contributed by atoms with Crippen LogP contribution in [-0.2, 0) is 13.1 Å². The van der Waals surface area contributed by atoms with Gasteiger partial charge in [0.1, 0.15) is 0 Å². The van der Waals surface area contributed by atoms with Gasteiger partial charge in [-0.15, -0.1) is 0 Å². The molecule has 0 amide bonds. The van der Waals surface area contributed by atoms with Gasteiger partial charge in [-0.1, -0.05) is 36.4 Å². The minimum absolute atomic E-state index is 0.138. The third-order valence-electron chi connectivity index (χ3n) is 5.28. The lowest BCUT2D eigenvalue weighted by atomic mass is 10.2. The number of ether oxygens (including phenoxy) is 1. The Bertz CT molecular complexity index is 810. The molecular formula is C23H32N4O2. The Labute approximate surface area is 173 Å². The number of benzene rings is 2. The highest BCUT2D eigenvalue weighted by atomic mass is 16.5. The molecule has 2 aromatic rings. The highest BCUT2D eigenvalue weighted by molar-refractivity contribution is 5.80. The van der Waals surface area contributed by atoms with Crippen LogP contribution in [0.5, 0.6) is 11.5 Å². The molecule has 6 nitrogen and oxygen atoms in total. The standard InChI is InChI=1S/C23H32N4O2/c1-4-24-23(25-14-19-10-11-22(29-3)21(28)13-19)26-20-12-17(2)27(16-20)15-18-8-6-5-7-9-18/h5-11,13,17,20,28H,4,12,14-16H2,1-3H3,(H2,24,25,26). The molecule has 1 aliphatic rings. The summed E-state index contributed by atoms with van der Waals surface area (Å²) in [6, 6.07) is 16.9. The van der Waals surface area contributed by atoms with E-state index in [9.17, 15) is 5.11 Å². The molecule has 0 aliphatic carbocycles. The molecule has 2 aromatic carbocycles. The van der Waals surface area contributed by atoms with Crippen LogP contribution in [0.1, 0.15) is 31.4 Å². The Hall–Kier alpha value is -2.73. The largest absolute Gasteiger partial charge is 0.504 e. The number of hydrogen-bond donors (Lipinski definition) is 3. The fraction of sp³-hybridized carbons (Fsp3) is 0.435. The molecule has 1 heterocycles. The first-order chi connectivity index (χ1) is 14.1. The van der Waals surface area contributed by atoms with Crippen LogP contribution in [0.25, 0.3) is 0 Å². The van der Waals surface area contributed by atoms with Crippen molar-refractivity contribution in [1.82, 2.24) is 15.5 Å². The predicted octanol–water partition coefficient (Wildman–Crippen LogP) is 3.12. The van der Waals surface area contributed by atoms with Gasteiger partial charge in [-0.25, -0.2) is 4.99 Å². The van der Waals surface area contributed by atoms with Crippen molar-refractivity contribution >= 4 is 5.96 Å². The Kier molecular flexibility index (Phi) is 7.36. The average Bonchev–Trinajstić information content (AvgIpc) is 3.06. The van der Waals surface area contributed by atoms with Gasteiger partial charge in [0, 0.05) is 31.7 Å². The van der Waals surface area contributed by atoms with E-state index < -0.39 is 0 Å². The molecule has 1 saturated heterocycles. The van der Waals surface area contributed by atoms with Crippen LogP contribution in [0, 0.1) is 0 Å². The second kappa shape index (κ2) is 10.2. The van der Waals surface area contributed by atoms with Crippen molar-refractivity contribution < 1.29 is 9.84 Å². The zero-order chi connectivity index (χ0) is 20.6. The summed E-state index contributed by atoms with van der Waals surface area (Å²) >= 11 is 0. The fourth-order valence-corrected chi connectivity index (χ4v) is 3.76. The molecule has 29 heavy (non-hydrogen) atoms. The molecule has 2 atom stereocenters. The van der Waals surface area contributed by atoms with Gasteiger partial charge in [0.2, 0.25) is 0 Å². The smallest absolute Gasteiger partial charge is 0.191 e. The first-order valence-electron chi connectivity index (χ1n) is 10.3. The van der Waals surface area contributed by atoms with Crippen molar-refractivity contribution in [1.29, 1.82) is 0 Å². The Morgan fingerprint density at radius 2 is 2.00 bits per heavy atom. The first-order valence-corrected chi connectivity index (χ1v) is 10.3. The molecule has 156 valence electrons. The van der Waals surface area contributed by atoms with E-state index in [4.69, 9.17) is 9.73 Å². The summed E-state index contributed by atoms with van der Waals surface area (Å²) in [5.41, 5.74) is 2.28. The maximum Gasteiger partial charge on any atom is 0.191 e. The molecule has 3 rings (SSSR count). The number of nitrogens with zero attached hydrogens (tertiary/aromatic N) is 2. The van der Waals surface area contributed by atoms with E-state index >= 15 is 0 Å². The normalized spacial score (nSPS) is 19.9. The van der Waals surface area contributed by atoms with Gasteiger partial charge in [0.25, 0.3) is 0 Å². The van der Waals surface area contributed by atoms with Gasteiger partial charge >= 0.3 is 0 Å². The lowest BCUT2D eigenvalue weighted by Gasteiger charge is -2.21. The number of methoxy groups -OCH3 is 1. The first kappa shape index (κ1) is 21.0. The number of guanidine groups is 1. The van der Waals surface area contributed by atoms with E-state index in [0.29, 0.717) is 24.4 Å². The number of aliphatic imine (C=N–C) groups is 1. The number of phenolic OH excluding ortho intramolecular Hbond substituents is 1. The summed E-state index contributed by atoms with van der Waals surface area (Å²) in [4.78, 5) is 7.21. The van der Waals surface area contributed by atoms with Crippen molar-refractivity contribution in [3.63, 3.8) is 0 Å². The van der Waals surface area contributed by atoms with Crippen LogP contribution < -0.4 is 15.4 Å². The number of phenols is 1. The van der Waals surface area contributed by atoms with E-state index in [1.54, 1.807) is 19.2 Å². The number of hydrogen-bond acceptors (Lipinski definition) is 4. The van der Waals surface area contributed by atoms with Crippen LogP contribution in [-0.4, -0.2) is 48.2 Å². The van der Waals surface area contributed by atoms with Crippen molar-refractivity contribution in [3.05, 3.63) is 59.7 Å². The Morgan fingerprint density at radius 1 is 1.21 bits per heavy atom. The van der Waals surface area contributed by atoms with Crippen molar-refractivity contribution in [2.75, 3.05) is 20.2 Å². The maximum atomic E-state index is 9.96.